The molecule has 0 saturated carbocycles. The Morgan fingerprint density at radius 1 is 1.14 bits per heavy atom. The van der Waals surface area contributed by atoms with E-state index >= 15 is 0 Å². The van der Waals surface area contributed by atoms with Crippen molar-refractivity contribution >= 4 is 11.7 Å². The van der Waals surface area contributed by atoms with Crippen molar-refractivity contribution in [2.75, 3.05) is 24.5 Å². The van der Waals surface area contributed by atoms with Gasteiger partial charge >= 0.3 is 5.97 Å². The molecule has 0 radical (unpaired) electrons. The average Bonchev–Trinajstić information content (AvgIpc) is 3.09. The molecule has 1 saturated heterocycles. The van der Waals surface area contributed by atoms with Gasteiger partial charge in [-0.05, 0) is 64.4 Å². The van der Waals surface area contributed by atoms with Crippen LogP contribution in [0, 0.1) is 11.8 Å². The van der Waals surface area contributed by atoms with Crippen molar-refractivity contribution in [3.05, 3.63) is 53.1 Å². The summed E-state index contributed by atoms with van der Waals surface area (Å²) in [6.45, 7) is 9.60. The van der Waals surface area contributed by atoms with Gasteiger partial charge in [-0.1, -0.05) is 24.3 Å². The van der Waals surface area contributed by atoms with Gasteiger partial charge in [0.25, 0.3) is 0 Å². The van der Waals surface area contributed by atoms with Gasteiger partial charge in [0.1, 0.15) is 6.10 Å². The number of piperidine rings is 1. The van der Waals surface area contributed by atoms with E-state index in [-0.39, 0.29) is 18.1 Å². The summed E-state index contributed by atoms with van der Waals surface area (Å²) in [5, 5.41) is 0. The van der Waals surface area contributed by atoms with Gasteiger partial charge in [0.15, 0.2) is 0 Å². The van der Waals surface area contributed by atoms with Gasteiger partial charge in [0.05, 0.1) is 6.04 Å². The molecule has 3 heterocycles. The number of nitrogens with zero attached hydrogens (tertiary/aromatic N) is 2. The zero-order chi connectivity index (χ0) is 20.4. The maximum Gasteiger partial charge on any atom is 0.331 e. The molecule has 1 fully saturated rings. The summed E-state index contributed by atoms with van der Waals surface area (Å²) in [6.07, 6.45) is 7.14. The van der Waals surface area contributed by atoms with E-state index in [2.05, 4.69) is 72.8 Å². The van der Waals surface area contributed by atoms with Crippen LogP contribution in [-0.4, -0.2) is 48.7 Å². The highest BCUT2D eigenvalue weighted by molar-refractivity contribution is 5.88. The number of hydrogen-bond donors (Lipinski definition) is 0. The molecule has 0 amide bonds. The Labute approximate surface area is 174 Å². The van der Waals surface area contributed by atoms with Crippen molar-refractivity contribution in [2.45, 2.75) is 58.2 Å². The molecule has 0 spiro atoms. The van der Waals surface area contributed by atoms with Crippen LogP contribution in [0.5, 0.6) is 0 Å². The van der Waals surface area contributed by atoms with Crippen LogP contribution in [0.15, 0.2) is 47.6 Å². The Bertz CT molecular complexity index is 884. The molecule has 4 heteroatoms. The van der Waals surface area contributed by atoms with Crippen molar-refractivity contribution in [1.82, 2.24) is 4.90 Å². The zero-order valence-corrected chi connectivity index (χ0v) is 17.6. The Hall–Kier alpha value is -2.51. The van der Waals surface area contributed by atoms with Gasteiger partial charge in [0.2, 0.25) is 0 Å². The standard InChI is InChI=1S/C25H30N2O2/c1-4-26(5-2)21-13-10-19(11-14-21)9-12-20-16-18(3)27-15-7-6-8-23(27)25-22(20)17-24(28)29-25/h10-11,13-14,16-18,23,25H,4-8,15H2,1-3H3/t18-,23?,25?/m0/s1. The molecule has 3 atom stereocenters. The van der Waals surface area contributed by atoms with Crippen molar-refractivity contribution in [3.8, 4) is 11.8 Å². The highest BCUT2D eigenvalue weighted by Crippen LogP contribution is 2.36. The van der Waals surface area contributed by atoms with Gasteiger partial charge in [0, 0.05) is 47.6 Å². The van der Waals surface area contributed by atoms with Crippen molar-refractivity contribution in [3.63, 3.8) is 0 Å². The highest BCUT2D eigenvalue weighted by Gasteiger charge is 2.42. The van der Waals surface area contributed by atoms with E-state index in [9.17, 15) is 4.79 Å². The largest absolute Gasteiger partial charge is 0.453 e. The summed E-state index contributed by atoms with van der Waals surface area (Å²) in [7, 11) is 0. The first-order chi connectivity index (χ1) is 14.1. The number of carbonyl (C=O) groups is 1. The molecule has 4 nitrogen and oxygen atoms in total. The van der Waals surface area contributed by atoms with Gasteiger partial charge < -0.3 is 9.64 Å². The molecule has 0 aromatic heterocycles. The Morgan fingerprint density at radius 3 is 2.62 bits per heavy atom. The summed E-state index contributed by atoms with van der Waals surface area (Å²) in [5.74, 6) is 6.43. The second-order valence-corrected chi connectivity index (χ2v) is 8.05. The van der Waals surface area contributed by atoms with Crippen LogP contribution in [-0.2, 0) is 9.53 Å². The van der Waals surface area contributed by atoms with Crippen molar-refractivity contribution in [2.24, 2.45) is 0 Å². The highest BCUT2D eigenvalue weighted by atomic mass is 16.5. The molecular weight excluding hydrogens is 360 g/mol. The monoisotopic (exact) mass is 390 g/mol. The number of benzene rings is 1. The molecule has 2 unspecified atom stereocenters. The molecule has 0 bridgehead atoms. The van der Waals surface area contributed by atoms with Crippen LogP contribution in [0.1, 0.15) is 45.6 Å². The molecule has 0 N–H and O–H groups in total. The number of esters is 1. The van der Waals surface area contributed by atoms with Crippen LogP contribution in [0.4, 0.5) is 5.69 Å². The summed E-state index contributed by atoms with van der Waals surface area (Å²) in [4.78, 5) is 16.9. The minimum absolute atomic E-state index is 0.182. The predicted molar refractivity (Wildman–Crippen MR) is 117 cm³/mol. The molecule has 0 aliphatic carbocycles. The van der Waals surface area contributed by atoms with E-state index in [4.69, 9.17) is 4.74 Å². The first-order valence-electron chi connectivity index (χ1n) is 10.9. The number of fused-ring (bicyclic) bond motifs is 3. The number of anilines is 1. The first-order valence-corrected chi connectivity index (χ1v) is 10.9. The lowest BCUT2D eigenvalue weighted by Crippen LogP contribution is -2.49. The lowest BCUT2D eigenvalue weighted by Gasteiger charge is -2.40. The summed E-state index contributed by atoms with van der Waals surface area (Å²) in [6, 6.07) is 8.97. The molecule has 1 aromatic rings. The third-order valence-electron chi connectivity index (χ3n) is 6.34. The van der Waals surface area contributed by atoms with Gasteiger partial charge in [-0.25, -0.2) is 4.79 Å². The fourth-order valence-electron chi connectivity index (χ4n) is 4.79. The van der Waals surface area contributed by atoms with Gasteiger partial charge in [-0.15, -0.1) is 0 Å². The first kappa shape index (κ1) is 19.8. The van der Waals surface area contributed by atoms with E-state index in [0.717, 1.165) is 42.8 Å². The lowest BCUT2D eigenvalue weighted by molar-refractivity contribution is -0.142. The number of ether oxygens (including phenoxy) is 1. The summed E-state index contributed by atoms with van der Waals surface area (Å²) >= 11 is 0. The maximum atomic E-state index is 12.1. The third-order valence-corrected chi connectivity index (χ3v) is 6.34. The Morgan fingerprint density at radius 2 is 1.90 bits per heavy atom. The zero-order valence-electron chi connectivity index (χ0n) is 17.6. The molecule has 29 heavy (non-hydrogen) atoms. The van der Waals surface area contributed by atoms with Crippen LogP contribution >= 0.6 is 0 Å². The molecule has 3 aliphatic heterocycles. The number of rotatable bonds is 3. The van der Waals surface area contributed by atoms with Crippen LogP contribution in [0.3, 0.4) is 0 Å². The van der Waals surface area contributed by atoms with E-state index in [1.54, 1.807) is 6.08 Å². The van der Waals surface area contributed by atoms with Gasteiger partial charge in [-0.2, -0.15) is 0 Å². The second-order valence-electron chi connectivity index (χ2n) is 8.05. The third kappa shape index (κ3) is 3.97. The van der Waals surface area contributed by atoms with Crippen molar-refractivity contribution in [1.29, 1.82) is 0 Å². The Balaban J connectivity index is 1.62. The molecule has 152 valence electrons. The Kier molecular flexibility index (Phi) is 5.78. The molecule has 3 aliphatic rings. The van der Waals surface area contributed by atoms with Crippen LogP contribution in [0.25, 0.3) is 0 Å². The fourth-order valence-corrected chi connectivity index (χ4v) is 4.79. The quantitative estimate of drug-likeness (QED) is 0.579. The SMILES string of the molecule is CCN(CC)c1ccc(C#CC2=C[C@H](C)N3CCCCC3C3OC(=O)C=C23)cc1. The molecule has 4 rings (SSSR count). The smallest absolute Gasteiger partial charge is 0.331 e. The van der Waals surface area contributed by atoms with Gasteiger partial charge in [-0.3, -0.25) is 4.90 Å². The fraction of sp³-hybridized carbons (Fsp3) is 0.480. The minimum atomic E-state index is -0.235. The lowest BCUT2D eigenvalue weighted by atomic mass is 9.92. The van der Waals surface area contributed by atoms with Crippen molar-refractivity contribution < 1.29 is 9.53 Å². The number of hydrogen-bond acceptors (Lipinski definition) is 4. The molecule has 1 aromatic carbocycles. The summed E-state index contributed by atoms with van der Waals surface area (Å²) in [5.41, 5.74) is 4.11. The number of carbonyl (C=O) groups excluding carboxylic acids is 1. The van der Waals surface area contributed by atoms with E-state index in [0.29, 0.717) is 6.04 Å². The normalized spacial score (nSPS) is 26.2. The minimum Gasteiger partial charge on any atom is -0.453 e. The maximum absolute atomic E-state index is 12.1. The topological polar surface area (TPSA) is 32.8 Å². The van der Waals surface area contributed by atoms with E-state index in [1.807, 2.05) is 0 Å². The second kappa shape index (κ2) is 8.47. The van der Waals surface area contributed by atoms with E-state index in [1.165, 1.54) is 18.5 Å². The molecular formula is C25H30N2O2. The predicted octanol–water partition coefficient (Wildman–Crippen LogP) is 3.92. The van der Waals surface area contributed by atoms with E-state index < -0.39 is 0 Å². The van der Waals surface area contributed by atoms with Crippen LogP contribution in [0.2, 0.25) is 0 Å². The summed E-state index contributed by atoms with van der Waals surface area (Å²) < 4.78 is 5.72. The average molecular weight is 391 g/mol. The van der Waals surface area contributed by atoms with Crippen LogP contribution < -0.4 is 4.90 Å².